The molecule has 3 amide bonds. The molecular weight excluding hydrogens is 412 g/mol. The maximum Gasteiger partial charge on any atom is 0.407 e. The van der Waals surface area contributed by atoms with Crippen LogP contribution in [0.4, 0.5) is 4.79 Å². The number of hydrogen-bond donors (Lipinski definition) is 2. The number of alkyl carbamates (subject to hydrolysis) is 1. The lowest BCUT2D eigenvalue weighted by atomic mass is 9.90. The Morgan fingerprint density at radius 2 is 1.75 bits per heavy atom. The van der Waals surface area contributed by atoms with Crippen LogP contribution in [0, 0.1) is 5.92 Å². The molecule has 0 bridgehead atoms. The first-order valence-corrected chi connectivity index (χ1v) is 12.1. The summed E-state index contributed by atoms with van der Waals surface area (Å²) in [6.07, 6.45) is 5.83. The van der Waals surface area contributed by atoms with Crippen LogP contribution < -0.4 is 10.6 Å². The van der Waals surface area contributed by atoms with Crippen LogP contribution in [0.2, 0.25) is 0 Å². The van der Waals surface area contributed by atoms with Crippen LogP contribution in [-0.4, -0.2) is 91.3 Å². The number of hydrogen-bond acceptors (Lipinski definition) is 6. The molecule has 3 rings (SSSR count). The molecule has 0 aromatic heterocycles. The first-order chi connectivity index (χ1) is 15.2. The van der Waals surface area contributed by atoms with Gasteiger partial charge in [0.15, 0.2) is 0 Å². The topological polar surface area (TPSA) is 100 Å². The third-order valence-electron chi connectivity index (χ3n) is 6.38. The molecule has 32 heavy (non-hydrogen) atoms. The van der Waals surface area contributed by atoms with Crippen molar-refractivity contribution in [3.63, 3.8) is 0 Å². The van der Waals surface area contributed by atoms with Gasteiger partial charge in [0.05, 0.1) is 31.2 Å². The van der Waals surface area contributed by atoms with Crippen LogP contribution in [0.25, 0.3) is 0 Å². The summed E-state index contributed by atoms with van der Waals surface area (Å²) in [4.78, 5) is 41.5. The molecule has 2 aliphatic heterocycles. The molecule has 3 atom stereocenters. The minimum absolute atomic E-state index is 0.0214. The number of nitrogens with zero attached hydrogens (tertiary/aromatic N) is 2. The Morgan fingerprint density at radius 1 is 1.00 bits per heavy atom. The summed E-state index contributed by atoms with van der Waals surface area (Å²) in [5.74, 6) is 0.00451. The van der Waals surface area contributed by atoms with E-state index in [2.05, 4.69) is 15.5 Å². The van der Waals surface area contributed by atoms with E-state index in [-0.39, 0.29) is 29.9 Å². The molecule has 2 saturated heterocycles. The Hall–Kier alpha value is -1.87. The minimum atomic E-state index is -0.546. The zero-order valence-electron chi connectivity index (χ0n) is 19.9. The number of fused-ring (bicyclic) bond motifs is 1. The minimum Gasteiger partial charge on any atom is -0.444 e. The number of morpholine rings is 1. The number of rotatable bonds is 6. The highest BCUT2D eigenvalue weighted by Crippen LogP contribution is 2.28. The summed E-state index contributed by atoms with van der Waals surface area (Å²) in [6, 6.07) is 0.214. The van der Waals surface area contributed by atoms with E-state index < -0.39 is 11.7 Å². The van der Waals surface area contributed by atoms with Gasteiger partial charge in [0.1, 0.15) is 5.60 Å². The average Bonchev–Trinajstić information content (AvgIpc) is 2.75. The van der Waals surface area contributed by atoms with E-state index in [1.54, 1.807) is 20.8 Å². The highest BCUT2D eigenvalue weighted by Gasteiger charge is 2.37. The number of likely N-dealkylation sites (tertiary alicyclic amines) is 1. The summed E-state index contributed by atoms with van der Waals surface area (Å²) in [7, 11) is 0. The Labute approximate surface area is 191 Å². The first-order valence-electron chi connectivity index (χ1n) is 12.1. The number of carbonyl (C=O) groups excluding carboxylic acids is 3. The molecule has 1 saturated carbocycles. The molecule has 0 aromatic carbocycles. The van der Waals surface area contributed by atoms with Crippen LogP contribution >= 0.6 is 0 Å². The summed E-state index contributed by atoms with van der Waals surface area (Å²) in [5.41, 5.74) is -0.546. The van der Waals surface area contributed by atoms with Gasteiger partial charge >= 0.3 is 6.09 Å². The second-order valence-corrected chi connectivity index (χ2v) is 10.1. The molecule has 3 unspecified atom stereocenters. The maximum atomic E-state index is 13.0. The summed E-state index contributed by atoms with van der Waals surface area (Å²) in [5, 5.41) is 5.54. The third kappa shape index (κ3) is 7.33. The maximum absolute atomic E-state index is 13.0. The van der Waals surface area contributed by atoms with Crippen molar-refractivity contribution in [3.8, 4) is 0 Å². The van der Waals surface area contributed by atoms with Gasteiger partial charge in [0.25, 0.3) is 0 Å². The molecule has 0 aromatic rings. The molecule has 2 heterocycles. The predicted molar refractivity (Wildman–Crippen MR) is 120 cm³/mol. The SMILES string of the molecule is CC(C)(C)OC(=O)NCCNC(=O)C1CCCN(CC(=O)N2CCOC3CCCCC32)C1. The van der Waals surface area contributed by atoms with Gasteiger partial charge in [-0.3, -0.25) is 14.5 Å². The summed E-state index contributed by atoms with van der Waals surface area (Å²) < 4.78 is 11.1. The van der Waals surface area contributed by atoms with Crippen LogP contribution in [-0.2, 0) is 19.1 Å². The molecule has 182 valence electrons. The molecule has 0 radical (unpaired) electrons. The van der Waals surface area contributed by atoms with Gasteiger partial charge in [-0.1, -0.05) is 12.8 Å². The molecule has 3 aliphatic rings. The monoisotopic (exact) mass is 452 g/mol. The van der Waals surface area contributed by atoms with Crippen molar-refractivity contribution in [2.24, 2.45) is 5.92 Å². The van der Waals surface area contributed by atoms with Crippen molar-refractivity contribution in [1.29, 1.82) is 0 Å². The van der Waals surface area contributed by atoms with Crippen molar-refractivity contribution in [3.05, 3.63) is 0 Å². The van der Waals surface area contributed by atoms with Crippen LogP contribution in [0.1, 0.15) is 59.3 Å². The Morgan fingerprint density at radius 3 is 2.53 bits per heavy atom. The molecule has 0 spiro atoms. The van der Waals surface area contributed by atoms with Crippen LogP contribution in [0.5, 0.6) is 0 Å². The van der Waals surface area contributed by atoms with Gasteiger partial charge < -0.3 is 25.0 Å². The van der Waals surface area contributed by atoms with E-state index in [0.29, 0.717) is 39.3 Å². The molecule has 2 N–H and O–H groups in total. The fourth-order valence-corrected chi connectivity index (χ4v) is 4.91. The van der Waals surface area contributed by atoms with Crippen LogP contribution in [0.3, 0.4) is 0 Å². The molecular formula is C23H40N4O5. The van der Waals surface area contributed by atoms with E-state index in [9.17, 15) is 14.4 Å². The quantitative estimate of drug-likeness (QED) is 0.593. The third-order valence-corrected chi connectivity index (χ3v) is 6.38. The standard InChI is InChI=1S/C23H40N4O5/c1-23(2,3)32-22(30)25-11-10-24-21(29)17-7-6-12-26(15-17)16-20(28)27-13-14-31-19-9-5-4-8-18(19)27/h17-19H,4-16H2,1-3H3,(H,24,29)(H,25,30). The second-order valence-electron chi connectivity index (χ2n) is 10.1. The van der Waals surface area contributed by atoms with E-state index in [1.807, 2.05) is 4.90 Å². The smallest absolute Gasteiger partial charge is 0.407 e. The van der Waals surface area contributed by atoms with Crippen LogP contribution in [0.15, 0.2) is 0 Å². The lowest BCUT2D eigenvalue weighted by molar-refractivity contribution is -0.151. The summed E-state index contributed by atoms with van der Waals surface area (Å²) >= 11 is 0. The summed E-state index contributed by atoms with van der Waals surface area (Å²) in [6.45, 7) is 9.18. The lowest BCUT2D eigenvalue weighted by Gasteiger charge is -2.44. The van der Waals surface area contributed by atoms with Crippen molar-refractivity contribution in [1.82, 2.24) is 20.4 Å². The van der Waals surface area contributed by atoms with Crippen molar-refractivity contribution >= 4 is 17.9 Å². The van der Waals surface area contributed by atoms with E-state index in [1.165, 1.54) is 6.42 Å². The fraction of sp³-hybridized carbons (Fsp3) is 0.870. The number of carbonyl (C=O) groups is 3. The average molecular weight is 453 g/mol. The van der Waals surface area contributed by atoms with E-state index in [0.717, 1.165) is 38.6 Å². The zero-order valence-corrected chi connectivity index (χ0v) is 19.9. The fourth-order valence-electron chi connectivity index (χ4n) is 4.91. The van der Waals surface area contributed by atoms with Crippen molar-refractivity contribution < 1.29 is 23.9 Å². The Kier molecular flexibility index (Phi) is 8.76. The Balaban J connectivity index is 1.39. The zero-order chi connectivity index (χ0) is 23.1. The van der Waals surface area contributed by atoms with Gasteiger partial charge in [-0.15, -0.1) is 0 Å². The molecule has 9 heteroatoms. The van der Waals surface area contributed by atoms with E-state index >= 15 is 0 Å². The van der Waals surface area contributed by atoms with Gasteiger partial charge in [0.2, 0.25) is 11.8 Å². The molecule has 3 fully saturated rings. The highest BCUT2D eigenvalue weighted by molar-refractivity contribution is 5.80. The predicted octanol–water partition coefficient (Wildman–Crippen LogP) is 1.51. The van der Waals surface area contributed by atoms with Gasteiger partial charge in [-0.25, -0.2) is 4.79 Å². The largest absolute Gasteiger partial charge is 0.444 e. The van der Waals surface area contributed by atoms with Gasteiger partial charge in [0, 0.05) is 26.2 Å². The lowest BCUT2D eigenvalue weighted by Crippen LogP contribution is -2.57. The molecule has 1 aliphatic carbocycles. The van der Waals surface area contributed by atoms with Gasteiger partial charge in [-0.2, -0.15) is 0 Å². The first kappa shape index (κ1) is 24.8. The Bertz CT molecular complexity index is 663. The number of ether oxygens (including phenoxy) is 2. The van der Waals surface area contributed by atoms with Gasteiger partial charge in [-0.05, 0) is 53.0 Å². The van der Waals surface area contributed by atoms with Crippen molar-refractivity contribution in [2.45, 2.75) is 77.0 Å². The highest BCUT2D eigenvalue weighted by atomic mass is 16.6. The number of piperidine rings is 1. The van der Waals surface area contributed by atoms with E-state index in [4.69, 9.17) is 9.47 Å². The second kappa shape index (κ2) is 11.3. The number of nitrogens with one attached hydrogen (secondary N) is 2. The number of amides is 3. The molecule has 9 nitrogen and oxygen atoms in total. The normalized spacial score (nSPS) is 26.7. The van der Waals surface area contributed by atoms with Crippen molar-refractivity contribution in [2.75, 3.05) is 45.9 Å².